The Morgan fingerprint density at radius 2 is 2.29 bits per heavy atom. The highest BCUT2D eigenvalue weighted by atomic mass is 79.9. The molecule has 1 atom stereocenters. The number of hydrogen-bond donors (Lipinski definition) is 1. The Hall–Kier alpha value is -1.11. The van der Waals surface area contributed by atoms with Crippen molar-refractivity contribution < 1.29 is 14.3 Å². The number of hydrogen-bond acceptors (Lipinski definition) is 4. The van der Waals surface area contributed by atoms with Crippen LogP contribution in [0.4, 0.5) is 0 Å². The lowest BCUT2D eigenvalue weighted by Gasteiger charge is -2.34. The van der Waals surface area contributed by atoms with Gasteiger partial charge in [0.1, 0.15) is 6.04 Å². The van der Waals surface area contributed by atoms with Gasteiger partial charge in [-0.05, 0) is 41.1 Å². The molecule has 0 saturated carbocycles. The van der Waals surface area contributed by atoms with E-state index in [9.17, 15) is 9.59 Å². The molecule has 1 N–H and O–H groups in total. The van der Waals surface area contributed by atoms with Gasteiger partial charge >= 0.3 is 5.97 Å². The molecule has 114 valence electrons. The fourth-order valence-corrected chi connectivity index (χ4v) is 3.07. The Morgan fingerprint density at radius 1 is 1.52 bits per heavy atom. The van der Waals surface area contributed by atoms with Crippen LogP contribution in [0.2, 0.25) is 5.02 Å². The van der Waals surface area contributed by atoms with Crippen LogP contribution in [0.5, 0.6) is 0 Å². The van der Waals surface area contributed by atoms with Gasteiger partial charge in [-0.25, -0.2) is 4.79 Å². The molecule has 0 aromatic heterocycles. The highest BCUT2D eigenvalue weighted by molar-refractivity contribution is 9.10. The highest BCUT2D eigenvalue weighted by Crippen LogP contribution is 2.24. The van der Waals surface area contributed by atoms with Gasteiger partial charge in [0.05, 0.1) is 12.2 Å². The van der Waals surface area contributed by atoms with Crippen LogP contribution < -0.4 is 5.32 Å². The number of halogens is 2. The molecule has 21 heavy (non-hydrogen) atoms. The first kappa shape index (κ1) is 16.3. The molecule has 0 aliphatic carbocycles. The van der Waals surface area contributed by atoms with E-state index in [1.54, 1.807) is 30.0 Å². The van der Waals surface area contributed by atoms with Gasteiger partial charge in [0.25, 0.3) is 5.91 Å². The predicted molar refractivity (Wildman–Crippen MR) is 83.5 cm³/mol. The van der Waals surface area contributed by atoms with Gasteiger partial charge in [-0.1, -0.05) is 11.6 Å². The molecule has 1 amide bonds. The van der Waals surface area contributed by atoms with Gasteiger partial charge in [-0.2, -0.15) is 0 Å². The summed E-state index contributed by atoms with van der Waals surface area (Å²) in [4.78, 5) is 26.2. The van der Waals surface area contributed by atoms with Crippen LogP contribution in [0, 0.1) is 0 Å². The summed E-state index contributed by atoms with van der Waals surface area (Å²) in [6.07, 6.45) is 0. The van der Waals surface area contributed by atoms with E-state index in [2.05, 4.69) is 21.2 Å². The van der Waals surface area contributed by atoms with Crippen LogP contribution in [0.1, 0.15) is 17.3 Å². The lowest BCUT2D eigenvalue weighted by atomic mass is 10.1. The number of rotatable bonds is 3. The van der Waals surface area contributed by atoms with Gasteiger partial charge in [0.15, 0.2) is 0 Å². The van der Waals surface area contributed by atoms with Crippen LogP contribution in [-0.4, -0.2) is 49.1 Å². The largest absolute Gasteiger partial charge is 0.464 e. The second-order valence-electron chi connectivity index (χ2n) is 4.59. The van der Waals surface area contributed by atoms with Crippen molar-refractivity contribution in [3.05, 3.63) is 33.3 Å². The zero-order valence-electron chi connectivity index (χ0n) is 11.6. The maximum Gasteiger partial charge on any atom is 0.330 e. The molecule has 0 radical (unpaired) electrons. The molecule has 0 bridgehead atoms. The molecule has 2 rings (SSSR count). The van der Waals surface area contributed by atoms with E-state index >= 15 is 0 Å². The van der Waals surface area contributed by atoms with Crippen molar-refractivity contribution in [3.8, 4) is 0 Å². The van der Waals surface area contributed by atoms with Crippen molar-refractivity contribution >= 4 is 39.4 Å². The number of ether oxygens (including phenoxy) is 1. The lowest BCUT2D eigenvalue weighted by molar-refractivity contribution is -0.149. The monoisotopic (exact) mass is 374 g/mol. The third kappa shape index (κ3) is 3.75. The molecule has 1 unspecified atom stereocenters. The number of nitrogens with zero attached hydrogens (tertiary/aromatic N) is 1. The molecule has 1 aliphatic heterocycles. The van der Waals surface area contributed by atoms with Gasteiger partial charge in [-0.15, -0.1) is 0 Å². The molecule has 1 aliphatic rings. The second-order valence-corrected chi connectivity index (χ2v) is 5.89. The number of benzene rings is 1. The van der Waals surface area contributed by atoms with Crippen LogP contribution in [0.25, 0.3) is 0 Å². The van der Waals surface area contributed by atoms with E-state index < -0.39 is 6.04 Å². The van der Waals surface area contributed by atoms with E-state index in [4.69, 9.17) is 16.3 Å². The fourth-order valence-electron chi connectivity index (χ4n) is 2.21. The van der Waals surface area contributed by atoms with Gasteiger partial charge in [0, 0.05) is 29.1 Å². The minimum atomic E-state index is -0.603. The third-order valence-electron chi connectivity index (χ3n) is 3.22. The summed E-state index contributed by atoms with van der Waals surface area (Å²) in [6.45, 7) is 3.54. The summed E-state index contributed by atoms with van der Waals surface area (Å²) < 4.78 is 5.65. The van der Waals surface area contributed by atoms with Crippen molar-refractivity contribution in [2.45, 2.75) is 13.0 Å². The first-order valence-corrected chi connectivity index (χ1v) is 7.85. The van der Waals surface area contributed by atoms with E-state index in [1.165, 1.54) is 0 Å². The van der Waals surface area contributed by atoms with Crippen LogP contribution >= 0.6 is 27.5 Å². The summed E-state index contributed by atoms with van der Waals surface area (Å²) in [5, 5.41) is 3.65. The zero-order chi connectivity index (χ0) is 15.4. The number of esters is 1. The summed E-state index contributed by atoms with van der Waals surface area (Å²) in [5.74, 6) is -0.596. The average molecular weight is 376 g/mol. The Kier molecular flexibility index (Phi) is 5.61. The first-order valence-electron chi connectivity index (χ1n) is 6.68. The van der Waals surface area contributed by atoms with Gasteiger partial charge in [0.2, 0.25) is 0 Å². The number of carbonyl (C=O) groups excluding carboxylic acids is 2. The van der Waals surface area contributed by atoms with Crippen LogP contribution in [0.15, 0.2) is 22.7 Å². The van der Waals surface area contributed by atoms with Gasteiger partial charge in [-0.3, -0.25) is 4.79 Å². The number of piperazine rings is 1. The molecular weight excluding hydrogens is 360 g/mol. The molecule has 1 aromatic carbocycles. The molecule has 1 aromatic rings. The summed E-state index contributed by atoms with van der Waals surface area (Å²) >= 11 is 9.23. The van der Waals surface area contributed by atoms with Crippen LogP contribution in [-0.2, 0) is 9.53 Å². The third-order valence-corrected chi connectivity index (χ3v) is 4.12. The van der Waals surface area contributed by atoms with Crippen molar-refractivity contribution in [1.29, 1.82) is 0 Å². The fraction of sp³-hybridized carbons (Fsp3) is 0.429. The predicted octanol–water partition coefficient (Wildman–Crippen LogP) is 2.08. The van der Waals surface area contributed by atoms with E-state index in [1.807, 2.05) is 0 Å². The zero-order valence-corrected chi connectivity index (χ0v) is 13.9. The molecule has 7 heteroatoms. The molecule has 1 heterocycles. The Balaban J connectivity index is 2.24. The smallest absolute Gasteiger partial charge is 0.330 e. The Bertz CT molecular complexity index is 553. The van der Waals surface area contributed by atoms with E-state index in [0.29, 0.717) is 41.3 Å². The molecule has 1 fully saturated rings. The summed E-state index contributed by atoms with van der Waals surface area (Å²) in [7, 11) is 0. The van der Waals surface area contributed by atoms with Crippen molar-refractivity contribution in [1.82, 2.24) is 10.2 Å². The van der Waals surface area contributed by atoms with Crippen molar-refractivity contribution in [2.24, 2.45) is 0 Å². The SMILES string of the molecule is CCOC(=O)C1CNCCN1C(=O)c1ccc(Cl)cc1Br. The molecular formula is C14H16BrClN2O3. The first-order chi connectivity index (χ1) is 10.0. The van der Waals surface area contributed by atoms with Crippen molar-refractivity contribution in [3.63, 3.8) is 0 Å². The quantitative estimate of drug-likeness (QED) is 0.822. The van der Waals surface area contributed by atoms with Gasteiger partial charge < -0.3 is 15.0 Å². The second kappa shape index (κ2) is 7.24. The number of nitrogens with one attached hydrogen (secondary N) is 1. The maximum atomic E-state index is 12.7. The van der Waals surface area contributed by atoms with Crippen molar-refractivity contribution in [2.75, 3.05) is 26.2 Å². The normalized spacial score (nSPS) is 18.4. The lowest BCUT2D eigenvalue weighted by Crippen LogP contribution is -2.57. The molecule has 0 spiro atoms. The molecule has 1 saturated heterocycles. The van der Waals surface area contributed by atoms with E-state index in [0.717, 1.165) is 0 Å². The van der Waals surface area contributed by atoms with Crippen LogP contribution in [0.3, 0.4) is 0 Å². The summed E-state index contributed by atoms with van der Waals surface area (Å²) in [6, 6.07) is 4.37. The highest BCUT2D eigenvalue weighted by Gasteiger charge is 2.34. The Labute approximate surface area is 136 Å². The standard InChI is InChI=1S/C14H16BrClN2O3/c1-2-21-14(20)12-8-17-5-6-18(12)13(19)10-4-3-9(16)7-11(10)15/h3-4,7,12,17H,2,5-6,8H2,1H3. The minimum Gasteiger partial charge on any atom is -0.464 e. The Morgan fingerprint density at radius 3 is 2.95 bits per heavy atom. The molecule has 5 nitrogen and oxygen atoms in total. The minimum absolute atomic E-state index is 0.210. The van der Waals surface area contributed by atoms with E-state index in [-0.39, 0.29) is 11.9 Å². The topological polar surface area (TPSA) is 58.6 Å². The average Bonchev–Trinajstić information content (AvgIpc) is 2.47. The summed E-state index contributed by atoms with van der Waals surface area (Å²) in [5.41, 5.74) is 0.482. The number of amides is 1. The number of carbonyl (C=O) groups is 2. The maximum absolute atomic E-state index is 12.7.